The van der Waals surface area contributed by atoms with Crippen molar-refractivity contribution in [2.75, 3.05) is 18.5 Å². The van der Waals surface area contributed by atoms with Gasteiger partial charge in [0.15, 0.2) is 5.13 Å². The molecule has 0 saturated heterocycles. The molecule has 0 saturated carbocycles. The highest BCUT2D eigenvalue weighted by molar-refractivity contribution is 7.13. The molecule has 8 nitrogen and oxygen atoms in total. The van der Waals surface area contributed by atoms with E-state index in [4.69, 9.17) is 9.47 Å². The number of nitrogens with zero attached hydrogens (tertiary/aromatic N) is 1. The predicted molar refractivity (Wildman–Crippen MR) is 105 cm³/mol. The van der Waals surface area contributed by atoms with Crippen LogP contribution < -0.4 is 15.4 Å². The minimum absolute atomic E-state index is 0.0332. The van der Waals surface area contributed by atoms with Crippen LogP contribution in [0.4, 0.5) is 5.13 Å². The molecule has 2 N–H and O–H groups in total. The van der Waals surface area contributed by atoms with Crippen LogP contribution in [0.5, 0.6) is 5.75 Å². The molecule has 9 heteroatoms. The maximum Gasteiger partial charge on any atom is 0.325 e. The van der Waals surface area contributed by atoms with E-state index in [2.05, 4.69) is 22.5 Å². The summed E-state index contributed by atoms with van der Waals surface area (Å²) in [6, 6.07) is 6.72. The summed E-state index contributed by atoms with van der Waals surface area (Å²) in [5, 5.41) is 7.18. The number of hydrogen-bond donors (Lipinski definition) is 2. The van der Waals surface area contributed by atoms with Crippen LogP contribution >= 0.6 is 11.3 Å². The molecule has 0 aliphatic carbocycles. The van der Waals surface area contributed by atoms with Crippen LogP contribution in [0.1, 0.15) is 42.7 Å². The molecule has 0 fully saturated rings. The Bertz CT molecular complexity index is 804. The number of hydrogen-bond acceptors (Lipinski definition) is 7. The zero-order valence-electron chi connectivity index (χ0n) is 15.8. The molecule has 1 aromatic heterocycles. The molecule has 0 aliphatic rings. The van der Waals surface area contributed by atoms with Gasteiger partial charge in [-0.05, 0) is 30.7 Å². The maximum absolute atomic E-state index is 12.1. The molecule has 28 heavy (non-hydrogen) atoms. The van der Waals surface area contributed by atoms with Crippen LogP contribution in [0.25, 0.3) is 0 Å². The highest BCUT2D eigenvalue weighted by Crippen LogP contribution is 2.16. The fourth-order valence-electron chi connectivity index (χ4n) is 2.08. The summed E-state index contributed by atoms with van der Waals surface area (Å²) in [5.74, 6) is -0.479. The number of unbranched alkanes of at least 4 members (excludes halogenated alkanes) is 1. The van der Waals surface area contributed by atoms with E-state index < -0.39 is 5.97 Å². The highest BCUT2D eigenvalue weighted by atomic mass is 32.1. The Morgan fingerprint density at radius 3 is 2.61 bits per heavy atom. The Kier molecular flexibility index (Phi) is 8.41. The van der Waals surface area contributed by atoms with Gasteiger partial charge in [-0.1, -0.05) is 13.3 Å². The van der Waals surface area contributed by atoms with Gasteiger partial charge in [0.25, 0.3) is 5.91 Å². The molecule has 2 amide bonds. The smallest absolute Gasteiger partial charge is 0.325 e. The molecule has 0 spiro atoms. The molecule has 1 heterocycles. The summed E-state index contributed by atoms with van der Waals surface area (Å²) >= 11 is 1.24. The van der Waals surface area contributed by atoms with Crippen LogP contribution in [0.3, 0.4) is 0 Å². The van der Waals surface area contributed by atoms with Gasteiger partial charge in [-0.15, -0.1) is 11.3 Å². The number of benzene rings is 1. The van der Waals surface area contributed by atoms with Crippen molar-refractivity contribution >= 4 is 34.3 Å². The Morgan fingerprint density at radius 1 is 1.18 bits per heavy atom. The third-order valence-electron chi connectivity index (χ3n) is 3.49. The van der Waals surface area contributed by atoms with Crippen LogP contribution in [0, 0.1) is 0 Å². The van der Waals surface area contributed by atoms with E-state index in [1.807, 2.05) is 0 Å². The van der Waals surface area contributed by atoms with Gasteiger partial charge in [-0.25, -0.2) is 4.98 Å². The van der Waals surface area contributed by atoms with Crippen LogP contribution in [0.2, 0.25) is 0 Å². The lowest BCUT2D eigenvalue weighted by Gasteiger charge is -2.07. The van der Waals surface area contributed by atoms with Gasteiger partial charge < -0.3 is 20.1 Å². The van der Waals surface area contributed by atoms with Crippen molar-refractivity contribution in [3.63, 3.8) is 0 Å². The fourth-order valence-corrected chi connectivity index (χ4v) is 2.82. The first-order valence-electron chi connectivity index (χ1n) is 8.86. The third kappa shape index (κ3) is 7.36. The van der Waals surface area contributed by atoms with E-state index in [1.54, 1.807) is 29.6 Å². The van der Waals surface area contributed by atoms with Gasteiger partial charge in [0, 0.05) is 17.9 Å². The third-order valence-corrected chi connectivity index (χ3v) is 4.30. The zero-order chi connectivity index (χ0) is 20.4. The van der Waals surface area contributed by atoms with Crippen molar-refractivity contribution in [1.29, 1.82) is 0 Å². The second kappa shape index (κ2) is 11.0. The first-order chi connectivity index (χ1) is 13.5. The molecule has 2 aromatic rings. The van der Waals surface area contributed by atoms with Crippen molar-refractivity contribution in [3.8, 4) is 5.75 Å². The largest absolute Gasteiger partial charge is 0.494 e. The molecular formula is C19H23N3O5S. The summed E-state index contributed by atoms with van der Waals surface area (Å²) in [6.07, 6.45) is 2.02. The van der Waals surface area contributed by atoms with Crippen LogP contribution in [0.15, 0.2) is 29.6 Å². The number of ether oxygens (including phenoxy) is 2. The lowest BCUT2D eigenvalue weighted by atomic mass is 10.2. The molecule has 0 radical (unpaired) electrons. The molecule has 150 valence electrons. The SMILES string of the molecule is CCCCOc1ccc(C(=O)NCC(=O)OCc2csc(NC(C)=O)n2)cc1. The Balaban J connectivity index is 1.72. The maximum atomic E-state index is 12.1. The normalized spacial score (nSPS) is 10.2. The Hall–Kier alpha value is -2.94. The first kappa shape index (κ1) is 21.4. The predicted octanol–water partition coefficient (Wildman–Crippen LogP) is 2.75. The van der Waals surface area contributed by atoms with E-state index in [9.17, 15) is 14.4 Å². The number of nitrogens with one attached hydrogen (secondary N) is 2. The van der Waals surface area contributed by atoms with Crippen molar-refractivity contribution in [1.82, 2.24) is 10.3 Å². The van der Waals surface area contributed by atoms with E-state index >= 15 is 0 Å². The summed E-state index contributed by atoms with van der Waals surface area (Å²) in [5.41, 5.74) is 0.946. The van der Waals surface area contributed by atoms with E-state index in [0.29, 0.717) is 28.7 Å². The average Bonchev–Trinajstić information content (AvgIpc) is 3.12. The van der Waals surface area contributed by atoms with E-state index in [1.165, 1.54) is 18.3 Å². The van der Waals surface area contributed by atoms with Gasteiger partial charge in [0.05, 0.1) is 12.3 Å². The van der Waals surface area contributed by atoms with Crippen molar-refractivity contribution in [3.05, 3.63) is 40.9 Å². The Labute approximate surface area is 167 Å². The highest BCUT2D eigenvalue weighted by Gasteiger charge is 2.11. The Morgan fingerprint density at radius 2 is 1.93 bits per heavy atom. The van der Waals surface area contributed by atoms with E-state index in [0.717, 1.165) is 12.8 Å². The van der Waals surface area contributed by atoms with Gasteiger partial charge in [0.1, 0.15) is 18.9 Å². The first-order valence-corrected chi connectivity index (χ1v) is 9.74. The van der Waals surface area contributed by atoms with Crippen molar-refractivity contribution in [2.45, 2.75) is 33.3 Å². The summed E-state index contributed by atoms with van der Waals surface area (Å²) in [4.78, 5) is 38.9. The number of carbonyl (C=O) groups excluding carboxylic acids is 3. The number of aromatic nitrogens is 1. The van der Waals surface area contributed by atoms with Gasteiger partial charge >= 0.3 is 5.97 Å². The molecule has 0 aliphatic heterocycles. The number of anilines is 1. The summed E-state index contributed by atoms with van der Waals surface area (Å²) < 4.78 is 10.6. The van der Waals surface area contributed by atoms with Crippen LogP contribution in [-0.4, -0.2) is 35.9 Å². The fraction of sp³-hybridized carbons (Fsp3) is 0.368. The molecule has 0 atom stereocenters. The average molecular weight is 405 g/mol. The molecule has 0 unspecified atom stereocenters. The van der Waals surface area contributed by atoms with Gasteiger partial charge in [-0.3, -0.25) is 14.4 Å². The molecule has 2 rings (SSSR count). The summed E-state index contributed by atoms with van der Waals surface area (Å²) in [6.45, 7) is 3.82. The van der Waals surface area contributed by atoms with E-state index in [-0.39, 0.29) is 25.0 Å². The van der Waals surface area contributed by atoms with Crippen LogP contribution in [-0.2, 0) is 20.9 Å². The molecule has 0 bridgehead atoms. The minimum Gasteiger partial charge on any atom is -0.494 e. The monoisotopic (exact) mass is 405 g/mol. The quantitative estimate of drug-likeness (QED) is 0.465. The zero-order valence-corrected chi connectivity index (χ0v) is 16.6. The second-order valence-electron chi connectivity index (χ2n) is 5.89. The number of esters is 1. The van der Waals surface area contributed by atoms with Gasteiger partial charge in [0.2, 0.25) is 5.91 Å². The minimum atomic E-state index is -0.582. The standard InChI is InChI=1S/C19H23N3O5S/c1-3-4-9-26-16-7-5-14(6-8-16)18(25)20-10-17(24)27-11-15-12-28-19(22-15)21-13(2)23/h5-8,12H,3-4,9-11H2,1-2H3,(H,20,25)(H,21,22,23). The number of thiazole rings is 1. The molecule has 1 aromatic carbocycles. The number of rotatable bonds is 10. The second-order valence-corrected chi connectivity index (χ2v) is 6.75. The number of carbonyl (C=O) groups is 3. The lowest BCUT2D eigenvalue weighted by molar-refractivity contribution is -0.143. The van der Waals surface area contributed by atoms with Gasteiger partial charge in [-0.2, -0.15) is 0 Å². The number of amides is 2. The summed E-state index contributed by atoms with van der Waals surface area (Å²) in [7, 11) is 0. The topological polar surface area (TPSA) is 107 Å². The molecular weight excluding hydrogens is 382 g/mol. The lowest BCUT2D eigenvalue weighted by Crippen LogP contribution is -2.30. The van der Waals surface area contributed by atoms with Crippen molar-refractivity contribution in [2.24, 2.45) is 0 Å². The van der Waals surface area contributed by atoms with Crippen molar-refractivity contribution < 1.29 is 23.9 Å².